The lowest BCUT2D eigenvalue weighted by molar-refractivity contribution is -0.385. The molecule has 0 aliphatic heterocycles. The van der Waals surface area contributed by atoms with Gasteiger partial charge in [-0.05, 0) is 24.6 Å². The van der Waals surface area contributed by atoms with Crippen LogP contribution in [0, 0.1) is 17.0 Å². The summed E-state index contributed by atoms with van der Waals surface area (Å²) in [7, 11) is 1.49. The number of halogens is 1. The fraction of sp³-hybridized carbons (Fsp3) is 0.214. The molecule has 0 spiro atoms. The van der Waals surface area contributed by atoms with E-state index in [2.05, 4.69) is 20.9 Å². The van der Waals surface area contributed by atoms with Crippen molar-refractivity contribution in [3.63, 3.8) is 0 Å². The Morgan fingerprint density at radius 3 is 2.71 bits per heavy atom. The minimum atomic E-state index is -0.503. The van der Waals surface area contributed by atoms with Crippen molar-refractivity contribution >= 4 is 21.6 Å². The Morgan fingerprint density at radius 2 is 2.14 bits per heavy atom. The lowest BCUT2D eigenvalue weighted by atomic mass is 10.2. The summed E-state index contributed by atoms with van der Waals surface area (Å²) in [6, 6.07) is 6.23. The highest BCUT2D eigenvalue weighted by Crippen LogP contribution is 2.35. The highest BCUT2D eigenvalue weighted by Gasteiger charge is 2.18. The van der Waals surface area contributed by atoms with Gasteiger partial charge < -0.3 is 9.47 Å². The molecule has 110 valence electrons. The summed E-state index contributed by atoms with van der Waals surface area (Å²) in [5.74, 6) is 0.905. The van der Waals surface area contributed by atoms with E-state index in [1.807, 2.05) is 13.0 Å². The SMILES string of the molecule is COc1ccc([N+](=O)[O-])c(Oc2ncc(CBr)cc2C)c1. The topological polar surface area (TPSA) is 74.5 Å². The smallest absolute Gasteiger partial charge is 0.311 e. The zero-order chi connectivity index (χ0) is 15.4. The molecule has 7 heteroatoms. The van der Waals surface area contributed by atoms with Gasteiger partial charge in [0.2, 0.25) is 11.6 Å². The number of ether oxygens (including phenoxy) is 2. The van der Waals surface area contributed by atoms with Crippen LogP contribution in [0.15, 0.2) is 30.5 Å². The van der Waals surface area contributed by atoms with Gasteiger partial charge in [-0.2, -0.15) is 0 Å². The van der Waals surface area contributed by atoms with E-state index in [0.29, 0.717) is 17.0 Å². The summed E-state index contributed by atoms with van der Waals surface area (Å²) in [6.45, 7) is 1.83. The van der Waals surface area contributed by atoms with Crippen molar-refractivity contribution in [1.29, 1.82) is 0 Å². The zero-order valence-electron chi connectivity index (χ0n) is 11.5. The first kappa shape index (κ1) is 15.2. The molecule has 0 saturated heterocycles. The van der Waals surface area contributed by atoms with Crippen molar-refractivity contribution in [2.24, 2.45) is 0 Å². The van der Waals surface area contributed by atoms with Crippen LogP contribution < -0.4 is 9.47 Å². The molecule has 0 aliphatic rings. The number of nitrogens with zero attached hydrogens (tertiary/aromatic N) is 2. The molecule has 21 heavy (non-hydrogen) atoms. The van der Waals surface area contributed by atoms with Gasteiger partial charge in [0, 0.05) is 29.2 Å². The molecular formula is C14H13BrN2O4. The molecule has 0 unspecified atom stereocenters. The van der Waals surface area contributed by atoms with Crippen LogP contribution in [0.1, 0.15) is 11.1 Å². The summed E-state index contributed by atoms with van der Waals surface area (Å²) in [4.78, 5) is 14.7. The van der Waals surface area contributed by atoms with Crippen molar-refractivity contribution in [3.05, 3.63) is 51.7 Å². The predicted octanol–water partition coefficient (Wildman–Crippen LogP) is 3.99. The highest BCUT2D eigenvalue weighted by atomic mass is 79.9. The summed E-state index contributed by atoms with van der Waals surface area (Å²) < 4.78 is 10.7. The van der Waals surface area contributed by atoms with Crippen LogP contribution in [0.5, 0.6) is 17.4 Å². The first-order chi connectivity index (χ1) is 10.0. The van der Waals surface area contributed by atoms with Gasteiger partial charge in [-0.1, -0.05) is 15.9 Å². The van der Waals surface area contributed by atoms with E-state index in [4.69, 9.17) is 9.47 Å². The van der Waals surface area contributed by atoms with E-state index in [9.17, 15) is 10.1 Å². The molecule has 0 fully saturated rings. The third kappa shape index (κ3) is 3.49. The van der Waals surface area contributed by atoms with Crippen molar-refractivity contribution < 1.29 is 14.4 Å². The summed E-state index contributed by atoms with van der Waals surface area (Å²) >= 11 is 3.35. The Kier molecular flexibility index (Phi) is 4.74. The van der Waals surface area contributed by atoms with Crippen molar-refractivity contribution in [2.75, 3.05) is 7.11 Å². The van der Waals surface area contributed by atoms with E-state index >= 15 is 0 Å². The summed E-state index contributed by atoms with van der Waals surface area (Å²) in [5, 5.41) is 11.7. The van der Waals surface area contributed by atoms with Crippen LogP contribution in [-0.4, -0.2) is 17.0 Å². The second-order valence-electron chi connectivity index (χ2n) is 4.29. The van der Waals surface area contributed by atoms with Crippen LogP contribution >= 0.6 is 15.9 Å². The molecule has 0 saturated carbocycles. The number of methoxy groups -OCH3 is 1. The molecule has 2 rings (SSSR count). The van der Waals surface area contributed by atoms with Gasteiger partial charge in [-0.3, -0.25) is 10.1 Å². The van der Waals surface area contributed by atoms with Gasteiger partial charge >= 0.3 is 5.69 Å². The van der Waals surface area contributed by atoms with E-state index in [-0.39, 0.29) is 11.4 Å². The summed E-state index contributed by atoms with van der Waals surface area (Å²) in [5.41, 5.74) is 1.66. The number of hydrogen-bond donors (Lipinski definition) is 0. The zero-order valence-corrected chi connectivity index (χ0v) is 13.1. The Morgan fingerprint density at radius 1 is 1.38 bits per heavy atom. The molecule has 2 aromatic rings. The number of aromatic nitrogens is 1. The third-order valence-electron chi connectivity index (χ3n) is 2.81. The molecule has 0 bridgehead atoms. The Hall–Kier alpha value is -2.15. The Balaban J connectivity index is 2.40. The highest BCUT2D eigenvalue weighted by molar-refractivity contribution is 9.08. The van der Waals surface area contributed by atoms with Crippen LogP contribution in [0.25, 0.3) is 0 Å². The normalized spacial score (nSPS) is 10.2. The quantitative estimate of drug-likeness (QED) is 0.462. The van der Waals surface area contributed by atoms with Gasteiger partial charge in [-0.25, -0.2) is 4.98 Å². The molecule has 0 aliphatic carbocycles. The fourth-order valence-corrected chi connectivity index (χ4v) is 2.07. The van der Waals surface area contributed by atoms with Gasteiger partial charge in [0.15, 0.2) is 0 Å². The molecule has 1 aromatic heterocycles. The standard InChI is InChI=1S/C14H13BrN2O4/c1-9-5-10(7-15)8-16-14(9)21-13-6-11(20-2)3-4-12(13)17(18)19/h3-6,8H,7H2,1-2H3. The number of nitro groups is 1. The molecule has 6 nitrogen and oxygen atoms in total. The van der Waals surface area contributed by atoms with Gasteiger partial charge in [0.1, 0.15) is 5.75 Å². The first-order valence-electron chi connectivity index (χ1n) is 6.07. The van der Waals surface area contributed by atoms with Crippen LogP contribution in [0.3, 0.4) is 0 Å². The largest absolute Gasteiger partial charge is 0.497 e. The summed E-state index contributed by atoms with van der Waals surface area (Å²) in [6.07, 6.45) is 1.66. The number of aryl methyl sites for hydroxylation is 1. The molecule has 0 amide bonds. The Bertz CT molecular complexity index is 676. The average Bonchev–Trinajstić information content (AvgIpc) is 2.48. The molecule has 0 N–H and O–H groups in total. The van der Waals surface area contributed by atoms with Crippen molar-refractivity contribution in [2.45, 2.75) is 12.3 Å². The maximum atomic E-state index is 11.1. The van der Waals surface area contributed by atoms with Crippen LogP contribution in [0.4, 0.5) is 5.69 Å². The first-order valence-corrected chi connectivity index (χ1v) is 7.19. The van der Waals surface area contributed by atoms with Gasteiger partial charge in [0.25, 0.3) is 0 Å². The van der Waals surface area contributed by atoms with E-state index in [1.165, 1.54) is 25.3 Å². The van der Waals surface area contributed by atoms with E-state index in [1.54, 1.807) is 6.20 Å². The van der Waals surface area contributed by atoms with E-state index in [0.717, 1.165) is 11.1 Å². The molecular weight excluding hydrogens is 340 g/mol. The van der Waals surface area contributed by atoms with Crippen molar-refractivity contribution in [3.8, 4) is 17.4 Å². The van der Waals surface area contributed by atoms with E-state index < -0.39 is 4.92 Å². The van der Waals surface area contributed by atoms with Gasteiger partial charge in [-0.15, -0.1) is 0 Å². The lowest BCUT2D eigenvalue weighted by Gasteiger charge is -2.10. The fourth-order valence-electron chi connectivity index (χ4n) is 1.76. The number of hydrogen-bond acceptors (Lipinski definition) is 5. The monoisotopic (exact) mass is 352 g/mol. The molecule has 0 atom stereocenters. The maximum absolute atomic E-state index is 11.1. The maximum Gasteiger partial charge on any atom is 0.311 e. The molecule has 1 heterocycles. The average molecular weight is 353 g/mol. The second kappa shape index (κ2) is 6.53. The number of nitro benzene ring substituents is 1. The number of rotatable bonds is 5. The Labute approximate surface area is 130 Å². The molecule has 0 radical (unpaired) electrons. The minimum absolute atomic E-state index is 0.0987. The second-order valence-corrected chi connectivity index (χ2v) is 4.85. The van der Waals surface area contributed by atoms with Gasteiger partial charge in [0.05, 0.1) is 12.0 Å². The predicted molar refractivity (Wildman–Crippen MR) is 81.3 cm³/mol. The number of benzene rings is 1. The van der Waals surface area contributed by atoms with Crippen molar-refractivity contribution in [1.82, 2.24) is 4.98 Å². The third-order valence-corrected chi connectivity index (χ3v) is 3.46. The van der Waals surface area contributed by atoms with Crippen LogP contribution in [0.2, 0.25) is 0 Å². The molecule has 1 aromatic carbocycles. The number of pyridine rings is 1. The minimum Gasteiger partial charge on any atom is -0.497 e. The van der Waals surface area contributed by atoms with Crippen LogP contribution in [-0.2, 0) is 5.33 Å². The number of alkyl halides is 1. The lowest BCUT2D eigenvalue weighted by Crippen LogP contribution is -1.97.